The summed E-state index contributed by atoms with van der Waals surface area (Å²) in [5, 5.41) is 2.34. The monoisotopic (exact) mass is 145 g/mol. The second-order valence-corrected chi connectivity index (χ2v) is 1.55. The van der Waals surface area contributed by atoms with Gasteiger partial charge in [-0.25, -0.2) is 0 Å². The number of hydrogen-bond acceptors (Lipinski definition) is 2. The Morgan fingerprint density at radius 1 is 1.30 bits per heavy atom. The molecular formula is C7H15NO2. The first-order valence-electron chi connectivity index (χ1n) is 3.37. The van der Waals surface area contributed by atoms with Gasteiger partial charge in [0.15, 0.2) is 0 Å². The Morgan fingerprint density at radius 2 is 1.70 bits per heavy atom. The summed E-state index contributed by atoms with van der Waals surface area (Å²) in [5.41, 5.74) is 0. The zero-order valence-corrected chi connectivity index (χ0v) is 7.02. The van der Waals surface area contributed by atoms with Gasteiger partial charge in [-0.15, -0.1) is 0 Å². The molecule has 0 rings (SSSR count). The number of rotatable bonds is 2. The van der Waals surface area contributed by atoms with E-state index in [2.05, 4.69) is 5.32 Å². The first-order valence-corrected chi connectivity index (χ1v) is 3.37. The molecule has 3 heteroatoms. The SMILES string of the molecule is CC.CNC(=O)CC(C)=O. The van der Waals surface area contributed by atoms with Gasteiger partial charge >= 0.3 is 0 Å². The van der Waals surface area contributed by atoms with Crippen molar-refractivity contribution in [2.45, 2.75) is 27.2 Å². The Balaban J connectivity index is 0. The number of Topliss-reactive ketones (excluding diaryl/α,β-unsaturated/α-hetero) is 1. The van der Waals surface area contributed by atoms with Crippen LogP contribution in [0.25, 0.3) is 0 Å². The molecule has 0 radical (unpaired) electrons. The standard InChI is InChI=1S/C5H9NO2.C2H6/c1-4(7)3-5(8)6-2;1-2/h3H2,1-2H3,(H,6,8);1-2H3. The van der Waals surface area contributed by atoms with Crippen LogP contribution in [0.5, 0.6) is 0 Å². The first kappa shape index (κ1) is 11.9. The molecule has 0 aromatic carbocycles. The molecule has 0 bridgehead atoms. The normalized spacial score (nSPS) is 7.20. The van der Waals surface area contributed by atoms with Gasteiger partial charge in [-0.1, -0.05) is 13.8 Å². The molecule has 0 aromatic rings. The van der Waals surface area contributed by atoms with Crippen LogP contribution in [0.3, 0.4) is 0 Å². The van der Waals surface area contributed by atoms with E-state index in [9.17, 15) is 9.59 Å². The molecule has 0 saturated heterocycles. The van der Waals surface area contributed by atoms with Gasteiger partial charge in [0.25, 0.3) is 0 Å². The maximum atomic E-state index is 10.3. The van der Waals surface area contributed by atoms with Crippen molar-refractivity contribution in [2.24, 2.45) is 0 Å². The third-order valence-corrected chi connectivity index (χ3v) is 0.688. The average molecular weight is 145 g/mol. The van der Waals surface area contributed by atoms with Crippen molar-refractivity contribution >= 4 is 11.7 Å². The number of ketones is 1. The zero-order valence-electron chi connectivity index (χ0n) is 7.02. The van der Waals surface area contributed by atoms with Crippen molar-refractivity contribution in [1.29, 1.82) is 0 Å². The topological polar surface area (TPSA) is 46.2 Å². The predicted molar refractivity (Wildman–Crippen MR) is 40.7 cm³/mol. The number of hydrogen-bond donors (Lipinski definition) is 1. The van der Waals surface area contributed by atoms with Crippen LogP contribution in [-0.2, 0) is 9.59 Å². The van der Waals surface area contributed by atoms with Gasteiger partial charge in [0.1, 0.15) is 5.78 Å². The summed E-state index contributed by atoms with van der Waals surface area (Å²) >= 11 is 0. The van der Waals surface area contributed by atoms with Crippen molar-refractivity contribution < 1.29 is 9.59 Å². The minimum absolute atomic E-state index is 0.00347. The molecule has 0 aliphatic carbocycles. The predicted octanol–water partition coefficient (Wildman–Crippen LogP) is 0.738. The van der Waals surface area contributed by atoms with Crippen molar-refractivity contribution in [3.05, 3.63) is 0 Å². The van der Waals surface area contributed by atoms with E-state index in [4.69, 9.17) is 0 Å². The minimum Gasteiger partial charge on any atom is -0.359 e. The zero-order chi connectivity index (χ0) is 8.57. The van der Waals surface area contributed by atoms with E-state index in [1.54, 1.807) is 0 Å². The summed E-state index contributed by atoms with van der Waals surface area (Å²) in [6.07, 6.45) is -0.00347. The molecule has 0 unspecified atom stereocenters. The van der Waals surface area contributed by atoms with Crippen LogP contribution in [0, 0.1) is 0 Å². The second-order valence-electron chi connectivity index (χ2n) is 1.55. The maximum Gasteiger partial charge on any atom is 0.227 e. The molecule has 0 aliphatic heterocycles. The molecular weight excluding hydrogens is 130 g/mol. The fraction of sp³-hybridized carbons (Fsp3) is 0.714. The Labute approximate surface area is 61.8 Å². The summed E-state index contributed by atoms with van der Waals surface area (Å²) in [5.74, 6) is -0.332. The van der Waals surface area contributed by atoms with Gasteiger partial charge in [0, 0.05) is 7.05 Å². The number of carbonyl (C=O) groups is 2. The van der Waals surface area contributed by atoms with Gasteiger partial charge in [0.2, 0.25) is 5.91 Å². The van der Waals surface area contributed by atoms with Crippen LogP contribution in [-0.4, -0.2) is 18.7 Å². The molecule has 0 spiro atoms. The van der Waals surface area contributed by atoms with Crippen LogP contribution in [0.2, 0.25) is 0 Å². The lowest BCUT2D eigenvalue weighted by molar-refractivity contribution is -0.126. The summed E-state index contributed by atoms with van der Waals surface area (Å²) in [7, 11) is 1.51. The van der Waals surface area contributed by atoms with Crippen LogP contribution in [0.4, 0.5) is 0 Å². The Morgan fingerprint density at radius 3 is 1.80 bits per heavy atom. The molecule has 10 heavy (non-hydrogen) atoms. The van der Waals surface area contributed by atoms with E-state index in [0.717, 1.165) is 0 Å². The molecule has 0 saturated carbocycles. The minimum atomic E-state index is -0.225. The highest BCUT2D eigenvalue weighted by Crippen LogP contribution is 1.78. The van der Waals surface area contributed by atoms with E-state index in [-0.39, 0.29) is 18.1 Å². The summed E-state index contributed by atoms with van der Waals surface area (Å²) in [4.78, 5) is 20.4. The summed E-state index contributed by atoms with van der Waals surface area (Å²) in [6, 6.07) is 0. The van der Waals surface area contributed by atoms with Crippen molar-refractivity contribution in [1.82, 2.24) is 5.32 Å². The molecule has 60 valence electrons. The highest BCUT2D eigenvalue weighted by atomic mass is 16.2. The van der Waals surface area contributed by atoms with E-state index < -0.39 is 0 Å². The second kappa shape index (κ2) is 8.14. The van der Waals surface area contributed by atoms with Gasteiger partial charge in [-0.05, 0) is 6.92 Å². The lowest BCUT2D eigenvalue weighted by Crippen LogP contribution is -2.19. The third kappa shape index (κ3) is 10.2. The van der Waals surface area contributed by atoms with E-state index >= 15 is 0 Å². The van der Waals surface area contributed by atoms with Crippen LogP contribution < -0.4 is 5.32 Å². The van der Waals surface area contributed by atoms with Crippen LogP contribution in [0.15, 0.2) is 0 Å². The highest BCUT2D eigenvalue weighted by molar-refractivity contribution is 5.96. The van der Waals surface area contributed by atoms with E-state index in [0.29, 0.717) is 0 Å². The fourth-order valence-corrected chi connectivity index (χ4v) is 0.314. The summed E-state index contributed by atoms with van der Waals surface area (Å²) < 4.78 is 0. The number of amides is 1. The van der Waals surface area contributed by atoms with Crippen LogP contribution in [0.1, 0.15) is 27.2 Å². The van der Waals surface area contributed by atoms with E-state index in [1.165, 1.54) is 14.0 Å². The Bertz CT molecular complexity index is 110. The van der Waals surface area contributed by atoms with E-state index in [1.807, 2.05) is 13.8 Å². The van der Waals surface area contributed by atoms with Gasteiger partial charge in [-0.2, -0.15) is 0 Å². The Hall–Kier alpha value is -0.860. The average Bonchev–Trinajstić information content (AvgIpc) is 1.91. The molecule has 3 nitrogen and oxygen atoms in total. The van der Waals surface area contributed by atoms with Gasteiger partial charge < -0.3 is 5.32 Å². The lowest BCUT2D eigenvalue weighted by atomic mass is 10.3. The molecule has 0 heterocycles. The molecule has 0 aromatic heterocycles. The largest absolute Gasteiger partial charge is 0.359 e. The molecule has 0 aliphatic rings. The van der Waals surface area contributed by atoms with Crippen molar-refractivity contribution in [2.75, 3.05) is 7.05 Å². The molecule has 1 N–H and O–H groups in total. The smallest absolute Gasteiger partial charge is 0.227 e. The fourth-order valence-electron chi connectivity index (χ4n) is 0.314. The Kier molecular flexibility index (Phi) is 9.67. The third-order valence-electron chi connectivity index (χ3n) is 0.688. The molecule has 0 atom stereocenters. The van der Waals surface area contributed by atoms with Gasteiger partial charge in [0.05, 0.1) is 6.42 Å². The lowest BCUT2D eigenvalue weighted by Gasteiger charge is -1.91. The quantitative estimate of drug-likeness (QED) is 0.582. The number of nitrogens with one attached hydrogen (secondary N) is 1. The van der Waals surface area contributed by atoms with Crippen molar-refractivity contribution in [3.8, 4) is 0 Å². The highest BCUT2D eigenvalue weighted by Gasteiger charge is 1.99. The molecule has 1 amide bonds. The molecule has 0 fully saturated rings. The summed E-state index contributed by atoms with van der Waals surface area (Å²) in [6.45, 7) is 5.38. The maximum absolute atomic E-state index is 10.3. The first-order chi connectivity index (χ1) is 4.66. The van der Waals surface area contributed by atoms with Crippen LogP contribution >= 0.6 is 0 Å². The van der Waals surface area contributed by atoms with Gasteiger partial charge in [-0.3, -0.25) is 9.59 Å². The number of carbonyl (C=O) groups excluding carboxylic acids is 2. The van der Waals surface area contributed by atoms with Crippen molar-refractivity contribution in [3.63, 3.8) is 0 Å².